The molecule has 1 aromatic carbocycles. The summed E-state index contributed by atoms with van der Waals surface area (Å²) in [5, 5.41) is 0.422. The van der Waals surface area contributed by atoms with Crippen LogP contribution in [0.1, 0.15) is 21.5 Å². The van der Waals surface area contributed by atoms with Gasteiger partial charge in [0.05, 0.1) is 17.5 Å². The first-order valence-corrected chi connectivity index (χ1v) is 9.01. The number of anilines is 1. The van der Waals surface area contributed by atoms with Gasteiger partial charge in [0, 0.05) is 23.3 Å². The van der Waals surface area contributed by atoms with Crippen molar-refractivity contribution in [2.45, 2.75) is 6.92 Å². The minimum absolute atomic E-state index is 0.0421. The van der Waals surface area contributed by atoms with Crippen LogP contribution in [0.4, 0.5) is 14.5 Å². The van der Waals surface area contributed by atoms with Gasteiger partial charge >= 0.3 is 0 Å². The smallest absolute Gasteiger partial charge is 0.229 e. The summed E-state index contributed by atoms with van der Waals surface area (Å²) in [6, 6.07) is 3.42. The number of sulfonamides is 1. The fourth-order valence-corrected chi connectivity index (χ4v) is 3.03. The number of ketones is 1. The summed E-state index contributed by atoms with van der Waals surface area (Å²) in [6.45, 7) is 1.77. The number of benzene rings is 1. The number of fused-ring (bicyclic) bond motifs is 1. The van der Waals surface area contributed by atoms with E-state index >= 15 is 0 Å². The Labute approximate surface area is 141 Å². The predicted octanol–water partition coefficient (Wildman–Crippen LogP) is 2.75. The van der Waals surface area contributed by atoms with Crippen LogP contribution in [0, 0.1) is 18.6 Å². The molecule has 3 rings (SSSR count). The van der Waals surface area contributed by atoms with E-state index < -0.39 is 38.7 Å². The molecule has 25 heavy (non-hydrogen) atoms. The number of H-pyrrole nitrogens is 1. The normalized spacial score (nSPS) is 11.7. The summed E-state index contributed by atoms with van der Waals surface area (Å²) < 4.78 is 53.2. The van der Waals surface area contributed by atoms with Crippen molar-refractivity contribution in [3.8, 4) is 0 Å². The van der Waals surface area contributed by atoms with E-state index in [2.05, 4.69) is 9.97 Å². The molecule has 0 spiro atoms. The lowest BCUT2D eigenvalue weighted by Gasteiger charge is -2.09. The highest BCUT2D eigenvalue weighted by atomic mass is 32.2. The van der Waals surface area contributed by atoms with Gasteiger partial charge in [-0.2, -0.15) is 0 Å². The minimum Gasteiger partial charge on any atom is -0.345 e. The quantitative estimate of drug-likeness (QED) is 0.696. The molecule has 9 heteroatoms. The summed E-state index contributed by atoms with van der Waals surface area (Å²) >= 11 is 0. The van der Waals surface area contributed by atoms with Crippen LogP contribution >= 0.6 is 0 Å². The van der Waals surface area contributed by atoms with Gasteiger partial charge in [0.15, 0.2) is 5.82 Å². The van der Waals surface area contributed by atoms with Gasteiger partial charge in [-0.3, -0.25) is 9.52 Å². The molecule has 3 aromatic rings. The zero-order valence-electron chi connectivity index (χ0n) is 13.2. The zero-order chi connectivity index (χ0) is 18.4. The lowest BCUT2D eigenvalue weighted by molar-refractivity contribution is 0.103. The molecule has 2 aromatic heterocycles. The maximum Gasteiger partial charge on any atom is 0.229 e. The highest BCUT2D eigenvalue weighted by molar-refractivity contribution is 7.92. The van der Waals surface area contributed by atoms with E-state index in [4.69, 9.17) is 0 Å². The second-order valence-electron chi connectivity index (χ2n) is 5.60. The summed E-state index contributed by atoms with van der Waals surface area (Å²) in [5.41, 5.74) is -0.118. The van der Waals surface area contributed by atoms with Crippen LogP contribution in [0.25, 0.3) is 11.0 Å². The lowest BCUT2D eigenvalue weighted by Crippen LogP contribution is -2.14. The molecule has 0 fully saturated rings. The largest absolute Gasteiger partial charge is 0.345 e. The third kappa shape index (κ3) is 3.22. The monoisotopic (exact) mass is 365 g/mol. The van der Waals surface area contributed by atoms with Crippen molar-refractivity contribution in [3.05, 3.63) is 58.9 Å². The zero-order valence-corrected chi connectivity index (χ0v) is 14.0. The summed E-state index contributed by atoms with van der Waals surface area (Å²) in [7, 11) is -3.79. The minimum atomic E-state index is -3.79. The number of carbonyl (C=O) groups excluding carboxylic acids is 1. The van der Waals surface area contributed by atoms with E-state index in [0.29, 0.717) is 11.0 Å². The molecule has 0 unspecified atom stereocenters. The molecule has 0 radical (unpaired) electrons. The van der Waals surface area contributed by atoms with E-state index in [1.807, 2.05) is 4.72 Å². The Balaban J connectivity index is 2.16. The number of pyridine rings is 1. The lowest BCUT2D eigenvalue weighted by atomic mass is 10.0. The maximum absolute atomic E-state index is 14.6. The van der Waals surface area contributed by atoms with Gasteiger partial charge in [-0.1, -0.05) is 0 Å². The molecule has 0 aliphatic heterocycles. The molecule has 0 saturated carbocycles. The molecule has 2 heterocycles. The van der Waals surface area contributed by atoms with E-state index in [1.54, 1.807) is 19.2 Å². The van der Waals surface area contributed by atoms with E-state index in [9.17, 15) is 22.0 Å². The molecule has 0 saturated heterocycles. The molecular formula is C16H13F2N3O3S. The topological polar surface area (TPSA) is 91.9 Å². The van der Waals surface area contributed by atoms with Gasteiger partial charge in [0.2, 0.25) is 15.8 Å². The van der Waals surface area contributed by atoms with E-state index in [-0.39, 0.29) is 5.56 Å². The van der Waals surface area contributed by atoms with Crippen LogP contribution in [-0.2, 0) is 10.0 Å². The Morgan fingerprint density at radius 1 is 1.28 bits per heavy atom. The van der Waals surface area contributed by atoms with E-state index in [0.717, 1.165) is 24.0 Å². The number of aromatic amines is 1. The van der Waals surface area contributed by atoms with Gasteiger partial charge < -0.3 is 4.98 Å². The van der Waals surface area contributed by atoms with Crippen molar-refractivity contribution in [3.63, 3.8) is 0 Å². The van der Waals surface area contributed by atoms with Crippen molar-refractivity contribution in [1.29, 1.82) is 0 Å². The molecule has 2 N–H and O–H groups in total. The molecule has 0 atom stereocenters. The number of hydrogen-bond acceptors (Lipinski definition) is 4. The highest BCUT2D eigenvalue weighted by Crippen LogP contribution is 2.27. The van der Waals surface area contributed by atoms with Crippen molar-refractivity contribution < 1.29 is 22.0 Å². The Morgan fingerprint density at radius 2 is 2.00 bits per heavy atom. The van der Waals surface area contributed by atoms with Crippen molar-refractivity contribution in [2.24, 2.45) is 0 Å². The van der Waals surface area contributed by atoms with Crippen molar-refractivity contribution in [1.82, 2.24) is 9.97 Å². The molecule has 0 amide bonds. The first-order chi connectivity index (χ1) is 11.7. The molecule has 6 nitrogen and oxygen atoms in total. The van der Waals surface area contributed by atoms with Crippen molar-refractivity contribution >= 4 is 32.5 Å². The van der Waals surface area contributed by atoms with Crippen LogP contribution in [-0.4, -0.2) is 30.4 Å². The van der Waals surface area contributed by atoms with Crippen LogP contribution in [0.15, 0.2) is 30.6 Å². The maximum atomic E-state index is 14.6. The first-order valence-electron chi connectivity index (χ1n) is 7.11. The molecule has 0 aliphatic rings. The highest BCUT2D eigenvalue weighted by Gasteiger charge is 2.25. The second-order valence-corrected chi connectivity index (χ2v) is 7.35. The predicted molar refractivity (Wildman–Crippen MR) is 89.1 cm³/mol. The molecule has 0 aliphatic carbocycles. The number of rotatable bonds is 4. The second kappa shape index (κ2) is 5.92. The van der Waals surface area contributed by atoms with Gasteiger partial charge in [0.1, 0.15) is 11.5 Å². The molecular weight excluding hydrogens is 352 g/mol. The van der Waals surface area contributed by atoms with Crippen LogP contribution < -0.4 is 4.72 Å². The Morgan fingerprint density at radius 3 is 2.68 bits per heavy atom. The van der Waals surface area contributed by atoms with Crippen molar-refractivity contribution in [2.75, 3.05) is 11.0 Å². The fourth-order valence-electron chi connectivity index (χ4n) is 2.47. The number of carbonyl (C=O) groups is 1. The number of aromatic nitrogens is 2. The summed E-state index contributed by atoms with van der Waals surface area (Å²) in [4.78, 5) is 19.6. The summed E-state index contributed by atoms with van der Waals surface area (Å²) in [5.74, 6) is -3.27. The van der Waals surface area contributed by atoms with Gasteiger partial charge in [-0.25, -0.2) is 22.2 Å². The summed E-state index contributed by atoms with van der Waals surface area (Å²) in [6.07, 6.45) is 3.73. The number of halogens is 2. The average Bonchev–Trinajstić information content (AvgIpc) is 2.92. The Hall–Kier alpha value is -2.81. The number of hydrogen-bond donors (Lipinski definition) is 2. The van der Waals surface area contributed by atoms with Crippen LogP contribution in [0.2, 0.25) is 0 Å². The van der Waals surface area contributed by atoms with Gasteiger partial charge in [-0.15, -0.1) is 0 Å². The SMILES string of the molecule is Cc1cnc2[nH]cc(C(=O)c3c(F)ccc(NS(C)(=O)=O)c3F)c2c1. The Kier molecular flexibility index (Phi) is 4.03. The third-order valence-electron chi connectivity index (χ3n) is 3.53. The molecule has 0 bridgehead atoms. The van der Waals surface area contributed by atoms with Crippen LogP contribution in [0.3, 0.4) is 0 Å². The fraction of sp³-hybridized carbons (Fsp3) is 0.125. The van der Waals surface area contributed by atoms with Gasteiger partial charge in [-0.05, 0) is 30.7 Å². The van der Waals surface area contributed by atoms with Crippen LogP contribution in [0.5, 0.6) is 0 Å². The average molecular weight is 365 g/mol. The number of aryl methyl sites for hydroxylation is 1. The standard InChI is InChI=1S/C16H13F2N3O3S/c1-8-5-9-10(7-20-16(9)19-6-8)15(22)13-11(17)3-4-12(14(13)18)21-25(2,23)24/h3-7,21H,1-2H3,(H,19,20). The first kappa shape index (κ1) is 17.0. The molecule has 130 valence electrons. The number of nitrogens with zero attached hydrogens (tertiary/aromatic N) is 1. The number of nitrogens with one attached hydrogen (secondary N) is 2. The van der Waals surface area contributed by atoms with Gasteiger partial charge in [0.25, 0.3) is 0 Å². The Bertz CT molecular complexity index is 1110. The van der Waals surface area contributed by atoms with E-state index in [1.165, 1.54) is 6.20 Å². The third-order valence-corrected chi connectivity index (χ3v) is 4.12.